The van der Waals surface area contributed by atoms with Crippen molar-refractivity contribution < 1.29 is 13.2 Å². The highest BCUT2D eigenvalue weighted by Gasteiger charge is 2.28. The molecule has 1 amide bonds. The molecule has 0 spiro atoms. The lowest BCUT2D eigenvalue weighted by molar-refractivity contribution is 0.0785. The maximum atomic E-state index is 13.0. The first-order chi connectivity index (χ1) is 13.9. The van der Waals surface area contributed by atoms with Crippen LogP contribution in [0.25, 0.3) is 10.2 Å². The molecule has 0 unspecified atom stereocenters. The van der Waals surface area contributed by atoms with Crippen LogP contribution in [0.5, 0.6) is 0 Å². The number of aromatic nitrogens is 1. The lowest BCUT2D eigenvalue weighted by Gasteiger charge is -2.19. The molecule has 9 heteroatoms. The zero-order chi connectivity index (χ0) is 20.6. The minimum absolute atomic E-state index is 0.0977. The highest BCUT2D eigenvalue weighted by Crippen LogP contribution is 2.27. The van der Waals surface area contributed by atoms with Crippen molar-refractivity contribution in [1.29, 1.82) is 0 Å². The SMILES string of the molecule is CN(Cc1nc2ccccc2s1)C(=O)c1cc(S(=O)(=O)N2CCCC2)ccc1Cl. The number of carbonyl (C=O) groups is 1. The van der Waals surface area contributed by atoms with E-state index < -0.39 is 10.0 Å². The Morgan fingerprint density at radius 1 is 1.21 bits per heavy atom. The minimum Gasteiger partial charge on any atom is -0.335 e. The normalized spacial score (nSPS) is 15.1. The van der Waals surface area contributed by atoms with Crippen molar-refractivity contribution in [2.45, 2.75) is 24.3 Å². The second kappa shape index (κ2) is 8.02. The summed E-state index contributed by atoms with van der Waals surface area (Å²) in [6.45, 7) is 1.33. The van der Waals surface area contributed by atoms with Gasteiger partial charge in [-0.25, -0.2) is 13.4 Å². The van der Waals surface area contributed by atoms with Gasteiger partial charge in [-0.1, -0.05) is 23.7 Å². The third kappa shape index (κ3) is 4.02. The average molecular weight is 450 g/mol. The Labute approximate surface area is 178 Å². The molecule has 0 bridgehead atoms. The quantitative estimate of drug-likeness (QED) is 0.590. The van der Waals surface area contributed by atoms with Gasteiger partial charge in [-0.15, -0.1) is 11.3 Å². The predicted octanol–water partition coefficient (Wildman–Crippen LogP) is 4.01. The van der Waals surface area contributed by atoms with E-state index in [1.54, 1.807) is 7.05 Å². The van der Waals surface area contributed by atoms with Crippen LogP contribution in [0.3, 0.4) is 0 Å². The minimum atomic E-state index is -3.62. The number of carbonyl (C=O) groups excluding carboxylic acids is 1. The summed E-state index contributed by atoms with van der Waals surface area (Å²) in [6.07, 6.45) is 1.70. The fraction of sp³-hybridized carbons (Fsp3) is 0.300. The van der Waals surface area contributed by atoms with Crippen molar-refractivity contribution in [2.24, 2.45) is 0 Å². The molecular weight excluding hydrogens is 430 g/mol. The van der Waals surface area contributed by atoms with Crippen LogP contribution in [0, 0.1) is 0 Å². The summed E-state index contributed by atoms with van der Waals surface area (Å²) in [5.74, 6) is -0.340. The van der Waals surface area contributed by atoms with Crippen molar-refractivity contribution >= 4 is 49.1 Å². The van der Waals surface area contributed by atoms with Gasteiger partial charge in [0.1, 0.15) is 5.01 Å². The number of hydrogen-bond donors (Lipinski definition) is 0. The second-order valence-electron chi connectivity index (χ2n) is 6.99. The van der Waals surface area contributed by atoms with Gasteiger partial charge in [0.15, 0.2) is 0 Å². The maximum absolute atomic E-state index is 13.0. The number of hydrogen-bond acceptors (Lipinski definition) is 5. The summed E-state index contributed by atoms with van der Waals surface area (Å²) in [7, 11) is -1.96. The molecule has 1 aliphatic rings. The van der Waals surface area contributed by atoms with E-state index in [9.17, 15) is 13.2 Å². The van der Waals surface area contributed by atoms with E-state index >= 15 is 0 Å². The van der Waals surface area contributed by atoms with E-state index in [0.29, 0.717) is 19.6 Å². The van der Waals surface area contributed by atoms with Crippen molar-refractivity contribution in [3.05, 3.63) is 58.1 Å². The van der Waals surface area contributed by atoms with Gasteiger partial charge < -0.3 is 4.90 Å². The summed E-state index contributed by atoms with van der Waals surface area (Å²) in [4.78, 5) is 19.1. The molecule has 152 valence electrons. The van der Waals surface area contributed by atoms with Crippen LogP contribution in [-0.2, 0) is 16.6 Å². The highest BCUT2D eigenvalue weighted by molar-refractivity contribution is 7.89. The Hall–Kier alpha value is -2.00. The Bertz CT molecular complexity index is 1140. The van der Waals surface area contributed by atoms with Gasteiger partial charge in [0.25, 0.3) is 5.91 Å². The molecule has 2 heterocycles. The number of halogens is 1. The Kier molecular flexibility index (Phi) is 5.61. The molecule has 1 fully saturated rings. The summed E-state index contributed by atoms with van der Waals surface area (Å²) in [5, 5.41) is 1.03. The first-order valence-corrected chi connectivity index (χ1v) is 11.9. The fourth-order valence-electron chi connectivity index (χ4n) is 3.37. The van der Waals surface area contributed by atoms with Crippen LogP contribution in [0.1, 0.15) is 28.2 Å². The standard InChI is InChI=1S/C20H20ClN3O3S2/c1-23(13-19-22-17-6-2-3-7-18(17)28-19)20(25)15-12-14(8-9-16(15)21)29(26,27)24-10-4-5-11-24/h2-3,6-9,12H,4-5,10-11,13H2,1H3. The van der Waals surface area contributed by atoms with Gasteiger partial charge in [0.2, 0.25) is 10.0 Å². The number of para-hydroxylation sites is 1. The second-order valence-corrected chi connectivity index (χ2v) is 10.4. The van der Waals surface area contributed by atoms with Crippen molar-refractivity contribution in [2.75, 3.05) is 20.1 Å². The number of rotatable bonds is 5. The topological polar surface area (TPSA) is 70.6 Å². The molecule has 4 rings (SSSR count). The fourth-order valence-corrected chi connectivity index (χ4v) is 6.14. The summed E-state index contributed by atoms with van der Waals surface area (Å²) in [6, 6.07) is 12.1. The number of thiazole rings is 1. The molecule has 29 heavy (non-hydrogen) atoms. The van der Waals surface area contributed by atoms with Gasteiger partial charge in [-0.3, -0.25) is 4.79 Å². The van der Waals surface area contributed by atoms with Gasteiger partial charge >= 0.3 is 0 Å². The van der Waals surface area contributed by atoms with Crippen molar-refractivity contribution in [3.63, 3.8) is 0 Å². The number of benzene rings is 2. The van der Waals surface area contributed by atoms with Gasteiger partial charge in [-0.2, -0.15) is 4.31 Å². The molecule has 1 aliphatic heterocycles. The summed E-state index contributed by atoms with van der Waals surface area (Å²) >= 11 is 7.77. The molecule has 1 saturated heterocycles. The van der Waals surface area contributed by atoms with Gasteiger partial charge in [-0.05, 0) is 43.2 Å². The van der Waals surface area contributed by atoms with Crippen molar-refractivity contribution in [1.82, 2.24) is 14.2 Å². The monoisotopic (exact) mass is 449 g/mol. The van der Waals surface area contributed by atoms with E-state index in [0.717, 1.165) is 28.1 Å². The first-order valence-electron chi connectivity index (χ1n) is 9.26. The Balaban J connectivity index is 1.58. The van der Waals surface area contributed by atoms with E-state index in [1.165, 1.54) is 38.7 Å². The lowest BCUT2D eigenvalue weighted by atomic mass is 10.2. The van der Waals surface area contributed by atoms with E-state index in [-0.39, 0.29) is 21.4 Å². The Morgan fingerprint density at radius 3 is 2.66 bits per heavy atom. The van der Waals surface area contributed by atoms with Crippen LogP contribution in [0.15, 0.2) is 47.4 Å². The molecule has 1 aromatic heterocycles. The van der Waals surface area contributed by atoms with Crippen LogP contribution in [0.4, 0.5) is 0 Å². The van der Waals surface area contributed by atoms with Crippen LogP contribution in [0.2, 0.25) is 5.02 Å². The predicted molar refractivity (Wildman–Crippen MR) is 115 cm³/mol. The number of sulfonamides is 1. The van der Waals surface area contributed by atoms with Gasteiger partial charge in [0.05, 0.1) is 32.2 Å². The maximum Gasteiger partial charge on any atom is 0.255 e. The van der Waals surface area contributed by atoms with Crippen LogP contribution in [-0.4, -0.2) is 48.7 Å². The molecule has 0 atom stereocenters. The van der Waals surface area contributed by atoms with Crippen LogP contribution >= 0.6 is 22.9 Å². The molecule has 0 N–H and O–H groups in total. The highest BCUT2D eigenvalue weighted by atomic mass is 35.5. The third-order valence-electron chi connectivity index (χ3n) is 4.93. The average Bonchev–Trinajstić information content (AvgIpc) is 3.37. The molecular formula is C20H20ClN3O3S2. The number of nitrogens with zero attached hydrogens (tertiary/aromatic N) is 3. The number of fused-ring (bicyclic) bond motifs is 1. The zero-order valence-corrected chi connectivity index (χ0v) is 18.2. The van der Waals surface area contributed by atoms with Crippen LogP contribution < -0.4 is 0 Å². The summed E-state index contributed by atoms with van der Waals surface area (Å²) < 4.78 is 28.2. The molecule has 0 saturated carbocycles. The lowest BCUT2D eigenvalue weighted by Crippen LogP contribution is -2.29. The smallest absolute Gasteiger partial charge is 0.255 e. The number of amides is 1. The molecule has 0 radical (unpaired) electrons. The first kappa shape index (κ1) is 20.3. The third-order valence-corrected chi connectivity index (χ3v) is 8.17. The largest absolute Gasteiger partial charge is 0.335 e. The zero-order valence-electron chi connectivity index (χ0n) is 15.8. The molecule has 2 aromatic carbocycles. The summed E-state index contributed by atoms with van der Waals surface area (Å²) in [5.41, 5.74) is 1.07. The van der Waals surface area contributed by atoms with E-state index in [1.807, 2.05) is 24.3 Å². The van der Waals surface area contributed by atoms with E-state index in [2.05, 4.69) is 4.98 Å². The Morgan fingerprint density at radius 2 is 1.93 bits per heavy atom. The molecule has 0 aliphatic carbocycles. The van der Waals surface area contributed by atoms with Gasteiger partial charge in [0, 0.05) is 20.1 Å². The molecule has 6 nitrogen and oxygen atoms in total. The molecule has 3 aromatic rings. The van der Waals surface area contributed by atoms with Crippen molar-refractivity contribution in [3.8, 4) is 0 Å². The van der Waals surface area contributed by atoms with E-state index in [4.69, 9.17) is 11.6 Å².